The Morgan fingerprint density at radius 3 is 2.85 bits per heavy atom. The molecule has 6 heteroatoms. The molecule has 0 aliphatic carbocycles. The van der Waals surface area contributed by atoms with Gasteiger partial charge in [0.2, 0.25) is 17.6 Å². The summed E-state index contributed by atoms with van der Waals surface area (Å²) in [5.41, 5.74) is 0.879. The van der Waals surface area contributed by atoms with Crippen molar-refractivity contribution in [2.75, 3.05) is 13.1 Å². The number of halogens is 1. The van der Waals surface area contributed by atoms with Crippen LogP contribution in [0, 0.1) is 0 Å². The van der Waals surface area contributed by atoms with Gasteiger partial charge in [0.05, 0.1) is 5.92 Å². The molecule has 5 nitrogen and oxygen atoms in total. The Hall–Kier alpha value is -1.88. The molecule has 140 valence electrons. The zero-order valence-electron chi connectivity index (χ0n) is 15.3. The van der Waals surface area contributed by atoms with Crippen LogP contribution in [0.1, 0.15) is 63.7 Å². The van der Waals surface area contributed by atoms with E-state index in [1.54, 1.807) is 0 Å². The van der Waals surface area contributed by atoms with E-state index in [4.69, 9.17) is 16.1 Å². The fourth-order valence-electron chi connectivity index (χ4n) is 3.38. The fraction of sp³-hybridized carbons (Fsp3) is 0.550. The van der Waals surface area contributed by atoms with Crippen LogP contribution in [0.25, 0.3) is 11.4 Å². The lowest BCUT2D eigenvalue weighted by molar-refractivity contribution is -0.132. The van der Waals surface area contributed by atoms with E-state index in [1.165, 1.54) is 12.8 Å². The van der Waals surface area contributed by atoms with E-state index >= 15 is 0 Å². The quantitative estimate of drug-likeness (QED) is 0.634. The highest BCUT2D eigenvalue weighted by Gasteiger charge is 2.28. The second-order valence-electron chi connectivity index (χ2n) is 6.95. The molecule has 1 atom stereocenters. The van der Waals surface area contributed by atoms with Crippen LogP contribution in [-0.2, 0) is 4.79 Å². The van der Waals surface area contributed by atoms with Gasteiger partial charge in [0, 0.05) is 30.1 Å². The lowest BCUT2D eigenvalue weighted by Gasteiger charge is -2.31. The molecule has 0 spiro atoms. The largest absolute Gasteiger partial charge is 0.342 e. The number of aromatic nitrogens is 2. The van der Waals surface area contributed by atoms with Gasteiger partial charge in [-0.15, -0.1) is 0 Å². The Morgan fingerprint density at radius 2 is 2.08 bits per heavy atom. The highest BCUT2D eigenvalue weighted by Crippen LogP contribution is 2.28. The molecule has 1 unspecified atom stereocenters. The van der Waals surface area contributed by atoms with Gasteiger partial charge in [0.15, 0.2) is 0 Å². The number of amides is 1. The van der Waals surface area contributed by atoms with Gasteiger partial charge in [0.25, 0.3) is 0 Å². The zero-order valence-corrected chi connectivity index (χ0v) is 16.0. The van der Waals surface area contributed by atoms with Crippen LogP contribution < -0.4 is 0 Å². The molecule has 26 heavy (non-hydrogen) atoms. The standard InChI is InChI=1S/C20H26ClN3O2/c1-2-3-4-5-8-18(25)24-13-6-7-16(14-24)20-22-19(23-26-20)15-9-11-17(21)12-10-15/h9-12,16H,2-8,13-14H2,1H3. The van der Waals surface area contributed by atoms with Crippen LogP contribution >= 0.6 is 11.6 Å². The summed E-state index contributed by atoms with van der Waals surface area (Å²) in [5.74, 6) is 1.57. The number of piperidine rings is 1. The molecule has 1 saturated heterocycles. The molecule has 2 heterocycles. The molecule has 0 bridgehead atoms. The Labute approximate surface area is 159 Å². The lowest BCUT2D eigenvalue weighted by Crippen LogP contribution is -2.39. The Balaban J connectivity index is 1.59. The monoisotopic (exact) mass is 375 g/mol. The number of likely N-dealkylation sites (tertiary alicyclic amines) is 1. The first-order valence-electron chi connectivity index (χ1n) is 9.54. The molecule has 1 aliphatic rings. The zero-order chi connectivity index (χ0) is 18.4. The minimum absolute atomic E-state index is 0.122. The summed E-state index contributed by atoms with van der Waals surface area (Å²) in [7, 11) is 0. The normalized spacial score (nSPS) is 17.5. The van der Waals surface area contributed by atoms with E-state index in [0.29, 0.717) is 29.7 Å². The summed E-state index contributed by atoms with van der Waals surface area (Å²) < 4.78 is 5.50. The summed E-state index contributed by atoms with van der Waals surface area (Å²) in [4.78, 5) is 19.0. The number of rotatable bonds is 7. The van der Waals surface area contributed by atoms with Gasteiger partial charge in [-0.3, -0.25) is 4.79 Å². The van der Waals surface area contributed by atoms with Crippen molar-refractivity contribution < 1.29 is 9.32 Å². The van der Waals surface area contributed by atoms with Gasteiger partial charge < -0.3 is 9.42 Å². The molecule has 1 aromatic heterocycles. The highest BCUT2D eigenvalue weighted by molar-refractivity contribution is 6.30. The van der Waals surface area contributed by atoms with Crippen molar-refractivity contribution in [3.8, 4) is 11.4 Å². The van der Waals surface area contributed by atoms with Crippen molar-refractivity contribution in [3.05, 3.63) is 35.2 Å². The molecular weight excluding hydrogens is 350 g/mol. The van der Waals surface area contributed by atoms with E-state index in [1.807, 2.05) is 29.2 Å². The molecule has 0 N–H and O–H groups in total. The van der Waals surface area contributed by atoms with Crippen LogP contribution in [0.3, 0.4) is 0 Å². The molecule has 2 aromatic rings. The van der Waals surface area contributed by atoms with Crippen LogP contribution in [-0.4, -0.2) is 34.0 Å². The van der Waals surface area contributed by atoms with E-state index in [2.05, 4.69) is 17.1 Å². The third-order valence-electron chi connectivity index (χ3n) is 4.91. The van der Waals surface area contributed by atoms with Gasteiger partial charge in [0.1, 0.15) is 0 Å². The second-order valence-corrected chi connectivity index (χ2v) is 7.39. The molecule has 0 radical (unpaired) electrons. The maximum atomic E-state index is 12.4. The lowest BCUT2D eigenvalue weighted by atomic mass is 9.97. The molecule has 1 aromatic carbocycles. The summed E-state index contributed by atoms with van der Waals surface area (Å²) in [5, 5.41) is 4.78. The van der Waals surface area contributed by atoms with Crippen molar-refractivity contribution in [1.82, 2.24) is 15.0 Å². The van der Waals surface area contributed by atoms with Gasteiger partial charge in [-0.05, 0) is 43.5 Å². The number of carbonyl (C=O) groups is 1. The maximum Gasteiger partial charge on any atom is 0.231 e. The van der Waals surface area contributed by atoms with Crippen LogP contribution in [0.2, 0.25) is 5.02 Å². The number of nitrogens with zero attached hydrogens (tertiary/aromatic N) is 3. The van der Waals surface area contributed by atoms with Crippen LogP contribution in [0.5, 0.6) is 0 Å². The average molecular weight is 376 g/mol. The Morgan fingerprint density at radius 1 is 1.27 bits per heavy atom. The van der Waals surface area contributed by atoms with Crippen molar-refractivity contribution in [1.29, 1.82) is 0 Å². The highest BCUT2D eigenvalue weighted by atomic mass is 35.5. The van der Waals surface area contributed by atoms with E-state index in [-0.39, 0.29) is 11.8 Å². The second kappa shape index (κ2) is 9.17. The Bertz CT molecular complexity index is 714. The fourth-order valence-corrected chi connectivity index (χ4v) is 3.51. The average Bonchev–Trinajstić information content (AvgIpc) is 3.16. The SMILES string of the molecule is CCCCCCC(=O)N1CCCC(c2nc(-c3ccc(Cl)cc3)no2)C1. The number of hydrogen-bond donors (Lipinski definition) is 0. The summed E-state index contributed by atoms with van der Waals surface area (Å²) >= 11 is 5.92. The van der Waals surface area contributed by atoms with Crippen LogP contribution in [0.4, 0.5) is 0 Å². The first-order valence-corrected chi connectivity index (χ1v) is 9.92. The topological polar surface area (TPSA) is 59.2 Å². The molecular formula is C20H26ClN3O2. The molecule has 1 fully saturated rings. The molecule has 1 amide bonds. The van der Waals surface area contributed by atoms with Crippen molar-refractivity contribution in [2.45, 2.75) is 57.8 Å². The van der Waals surface area contributed by atoms with Crippen LogP contribution in [0.15, 0.2) is 28.8 Å². The maximum absolute atomic E-state index is 12.4. The van der Waals surface area contributed by atoms with E-state index in [9.17, 15) is 4.79 Å². The van der Waals surface area contributed by atoms with Crippen molar-refractivity contribution in [3.63, 3.8) is 0 Å². The predicted molar refractivity (Wildman–Crippen MR) is 102 cm³/mol. The summed E-state index contributed by atoms with van der Waals surface area (Å²) in [6.45, 7) is 3.69. The molecule has 0 saturated carbocycles. The van der Waals surface area contributed by atoms with Gasteiger partial charge >= 0.3 is 0 Å². The summed E-state index contributed by atoms with van der Waals surface area (Å²) in [6.07, 6.45) is 7.10. The predicted octanol–water partition coefficient (Wildman–Crippen LogP) is 5.07. The van der Waals surface area contributed by atoms with E-state index < -0.39 is 0 Å². The number of hydrogen-bond acceptors (Lipinski definition) is 4. The smallest absolute Gasteiger partial charge is 0.231 e. The number of benzene rings is 1. The van der Waals surface area contributed by atoms with Gasteiger partial charge in [-0.1, -0.05) is 42.9 Å². The van der Waals surface area contributed by atoms with Gasteiger partial charge in [-0.2, -0.15) is 4.98 Å². The van der Waals surface area contributed by atoms with E-state index in [0.717, 1.165) is 37.8 Å². The summed E-state index contributed by atoms with van der Waals surface area (Å²) in [6, 6.07) is 7.38. The van der Waals surface area contributed by atoms with Crippen molar-refractivity contribution >= 4 is 17.5 Å². The van der Waals surface area contributed by atoms with Gasteiger partial charge in [-0.25, -0.2) is 0 Å². The first-order chi connectivity index (χ1) is 12.7. The minimum Gasteiger partial charge on any atom is -0.342 e. The minimum atomic E-state index is 0.122. The van der Waals surface area contributed by atoms with Crippen molar-refractivity contribution in [2.24, 2.45) is 0 Å². The number of carbonyl (C=O) groups excluding carboxylic acids is 1. The Kier molecular flexibility index (Phi) is 6.67. The number of unbranched alkanes of at least 4 members (excludes halogenated alkanes) is 3. The third kappa shape index (κ3) is 4.85. The molecule has 1 aliphatic heterocycles. The first kappa shape index (κ1) is 18.9. The third-order valence-corrected chi connectivity index (χ3v) is 5.16. The molecule has 3 rings (SSSR count).